The summed E-state index contributed by atoms with van der Waals surface area (Å²) in [5.74, 6) is -0.181. The highest BCUT2D eigenvalue weighted by molar-refractivity contribution is 5.76. The third-order valence-corrected chi connectivity index (χ3v) is 15.9. The molecule has 76 heavy (non-hydrogen) atoms. The summed E-state index contributed by atoms with van der Waals surface area (Å²) in [5, 5.41) is 54.5. The van der Waals surface area contributed by atoms with E-state index < -0.39 is 49.5 Å². The second-order valence-corrected chi connectivity index (χ2v) is 23.3. The first-order valence-electron chi connectivity index (χ1n) is 33.2. The van der Waals surface area contributed by atoms with Crippen LogP contribution in [0.15, 0.2) is 36.5 Å². The third kappa shape index (κ3) is 45.2. The summed E-state index contributed by atoms with van der Waals surface area (Å²) in [4.78, 5) is 13.1. The van der Waals surface area contributed by atoms with Crippen molar-refractivity contribution in [2.24, 2.45) is 0 Å². The maximum Gasteiger partial charge on any atom is 0.220 e. The number of ether oxygens (including phenoxy) is 2. The molecule has 1 rings (SSSR count). The Labute approximate surface area is 470 Å². The van der Waals surface area contributed by atoms with E-state index in [1.165, 1.54) is 270 Å². The van der Waals surface area contributed by atoms with Gasteiger partial charge in [0.15, 0.2) is 6.29 Å². The van der Waals surface area contributed by atoms with Gasteiger partial charge in [-0.2, -0.15) is 0 Å². The molecule has 0 aliphatic carbocycles. The lowest BCUT2D eigenvalue weighted by atomic mass is 9.99. The first kappa shape index (κ1) is 72.4. The zero-order valence-corrected chi connectivity index (χ0v) is 50.0. The van der Waals surface area contributed by atoms with Gasteiger partial charge in [0.05, 0.1) is 25.4 Å². The normalized spacial score (nSPS) is 19.0. The molecule has 9 nitrogen and oxygen atoms in total. The second kappa shape index (κ2) is 56.7. The van der Waals surface area contributed by atoms with Crippen molar-refractivity contribution in [3.63, 3.8) is 0 Å². The van der Waals surface area contributed by atoms with Gasteiger partial charge in [-0.15, -0.1) is 0 Å². The van der Waals surface area contributed by atoms with Crippen molar-refractivity contribution in [2.75, 3.05) is 13.2 Å². The van der Waals surface area contributed by atoms with Crippen LogP contribution in [0, 0.1) is 0 Å². The Morgan fingerprint density at radius 1 is 0.434 bits per heavy atom. The first-order chi connectivity index (χ1) is 37.3. The summed E-state index contributed by atoms with van der Waals surface area (Å²) < 4.78 is 11.3. The minimum Gasteiger partial charge on any atom is -0.394 e. The SMILES string of the molecule is CCCCCCCCCC/C=C\CCCCCCCCCCCCCCCCCCCCCCCCCCCCCC(=O)NC(COC1OC(CO)C(O)C(O)C1O)C(O)/C=C/CC/C=C/CCCCCCCCCC. The summed E-state index contributed by atoms with van der Waals surface area (Å²) in [5.41, 5.74) is 0. The van der Waals surface area contributed by atoms with Crippen molar-refractivity contribution in [3.8, 4) is 0 Å². The molecule has 7 unspecified atom stereocenters. The molecule has 0 aromatic rings. The van der Waals surface area contributed by atoms with E-state index in [-0.39, 0.29) is 12.5 Å². The molecule has 1 aliphatic rings. The highest BCUT2D eigenvalue weighted by atomic mass is 16.7. The average molecular weight is 1070 g/mol. The molecule has 9 heteroatoms. The van der Waals surface area contributed by atoms with Gasteiger partial charge < -0.3 is 40.3 Å². The predicted octanol–water partition coefficient (Wildman–Crippen LogP) is 17.5. The fourth-order valence-corrected chi connectivity index (χ4v) is 10.7. The minimum atomic E-state index is -1.57. The molecule has 0 spiro atoms. The number of unbranched alkanes of at least 4 members (excludes halogenated alkanes) is 44. The van der Waals surface area contributed by atoms with Crippen molar-refractivity contribution >= 4 is 5.91 Å². The average Bonchev–Trinajstić information content (AvgIpc) is 3.42. The number of hydrogen-bond donors (Lipinski definition) is 6. The Kier molecular flexibility index (Phi) is 54.0. The molecular formula is C67H127NO8. The Bertz CT molecular complexity index is 1290. The van der Waals surface area contributed by atoms with Crippen LogP contribution in [0.25, 0.3) is 0 Å². The molecule has 1 fully saturated rings. The highest BCUT2D eigenvalue weighted by Crippen LogP contribution is 2.23. The van der Waals surface area contributed by atoms with Crippen LogP contribution in [0.1, 0.15) is 328 Å². The van der Waals surface area contributed by atoms with Gasteiger partial charge in [0.25, 0.3) is 0 Å². The van der Waals surface area contributed by atoms with Crippen LogP contribution < -0.4 is 5.32 Å². The highest BCUT2D eigenvalue weighted by Gasteiger charge is 2.44. The summed E-state index contributed by atoms with van der Waals surface area (Å²) in [6.07, 6.45) is 68.4. The number of aliphatic hydroxyl groups is 5. The van der Waals surface area contributed by atoms with E-state index >= 15 is 0 Å². The fraction of sp³-hybridized carbons (Fsp3) is 0.896. The minimum absolute atomic E-state index is 0.181. The van der Waals surface area contributed by atoms with Gasteiger partial charge >= 0.3 is 0 Å². The standard InChI is InChI=1S/C67H127NO8/c1-3-5-7-9-11-13-15-17-19-20-21-22-23-24-25-26-27-28-29-30-31-32-33-34-35-36-37-38-39-40-41-42-43-45-47-49-51-53-55-57-63(71)68-60(59-75-67-66(74)65(73)64(72)62(58-69)76-67)61(70)56-54-52-50-48-46-44-18-16-14-12-10-8-6-4-2/h20-21,46,48,54,56,60-62,64-67,69-70,72-74H,3-19,22-45,47,49-53,55,57-59H2,1-2H3,(H,68,71)/b21-20-,48-46+,56-54+. The maximum absolute atomic E-state index is 13.1. The maximum atomic E-state index is 13.1. The predicted molar refractivity (Wildman–Crippen MR) is 323 cm³/mol. The summed E-state index contributed by atoms with van der Waals surface area (Å²) in [6.45, 7) is 3.78. The number of carbonyl (C=O) groups excluding carboxylic acids is 1. The van der Waals surface area contributed by atoms with Crippen LogP contribution >= 0.6 is 0 Å². The van der Waals surface area contributed by atoms with Gasteiger partial charge in [0, 0.05) is 6.42 Å². The molecule has 7 atom stereocenters. The molecule has 0 aromatic heterocycles. The molecule has 1 saturated heterocycles. The number of allylic oxidation sites excluding steroid dienone is 5. The van der Waals surface area contributed by atoms with Crippen molar-refractivity contribution in [1.82, 2.24) is 5.32 Å². The van der Waals surface area contributed by atoms with Gasteiger partial charge in [0.2, 0.25) is 5.91 Å². The quantitative estimate of drug-likeness (QED) is 0.0261. The number of aliphatic hydroxyl groups excluding tert-OH is 5. The van der Waals surface area contributed by atoms with Crippen LogP contribution in [-0.2, 0) is 14.3 Å². The molecule has 1 amide bonds. The number of hydrogen-bond acceptors (Lipinski definition) is 8. The van der Waals surface area contributed by atoms with Gasteiger partial charge in [-0.25, -0.2) is 0 Å². The number of amides is 1. The van der Waals surface area contributed by atoms with E-state index in [0.29, 0.717) is 6.42 Å². The summed E-state index contributed by atoms with van der Waals surface area (Å²) in [6, 6.07) is -0.819. The summed E-state index contributed by atoms with van der Waals surface area (Å²) in [7, 11) is 0. The lowest BCUT2D eigenvalue weighted by Crippen LogP contribution is -2.60. The van der Waals surface area contributed by atoms with Crippen LogP contribution in [0.4, 0.5) is 0 Å². The monoisotopic (exact) mass is 1070 g/mol. The van der Waals surface area contributed by atoms with E-state index in [1.54, 1.807) is 6.08 Å². The fourth-order valence-electron chi connectivity index (χ4n) is 10.7. The number of rotatable bonds is 58. The van der Waals surface area contributed by atoms with Crippen LogP contribution in [0.5, 0.6) is 0 Å². The van der Waals surface area contributed by atoms with Gasteiger partial charge in [0.1, 0.15) is 24.4 Å². The van der Waals surface area contributed by atoms with Gasteiger partial charge in [-0.05, 0) is 57.8 Å². The second-order valence-electron chi connectivity index (χ2n) is 23.3. The molecule has 448 valence electrons. The number of nitrogens with one attached hydrogen (secondary N) is 1. The topological polar surface area (TPSA) is 149 Å². The molecule has 1 heterocycles. The zero-order chi connectivity index (χ0) is 55.0. The van der Waals surface area contributed by atoms with Crippen molar-refractivity contribution in [1.29, 1.82) is 0 Å². The van der Waals surface area contributed by atoms with Crippen LogP contribution in [-0.4, -0.2) is 87.5 Å². The zero-order valence-electron chi connectivity index (χ0n) is 50.0. The van der Waals surface area contributed by atoms with Crippen LogP contribution in [0.2, 0.25) is 0 Å². The Morgan fingerprint density at radius 3 is 1.11 bits per heavy atom. The largest absolute Gasteiger partial charge is 0.394 e. The molecule has 6 N–H and O–H groups in total. The summed E-state index contributed by atoms with van der Waals surface area (Å²) >= 11 is 0. The van der Waals surface area contributed by atoms with Crippen molar-refractivity contribution in [2.45, 2.75) is 371 Å². The molecule has 0 bridgehead atoms. The Hall–Kier alpha value is -1.59. The van der Waals surface area contributed by atoms with E-state index in [0.717, 1.165) is 38.5 Å². The molecular weight excluding hydrogens is 947 g/mol. The molecule has 0 saturated carbocycles. The van der Waals surface area contributed by atoms with Gasteiger partial charge in [-0.3, -0.25) is 4.79 Å². The van der Waals surface area contributed by atoms with E-state index in [4.69, 9.17) is 9.47 Å². The van der Waals surface area contributed by atoms with E-state index in [2.05, 4.69) is 43.5 Å². The smallest absolute Gasteiger partial charge is 0.220 e. The number of carbonyl (C=O) groups is 1. The van der Waals surface area contributed by atoms with Crippen molar-refractivity contribution < 1.29 is 39.8 Å². The van der Waals surface area contributed by atoms with Crippen molar-refractivity contribution in [3.05, 3.63) is 36.5 Å². The molecule has 0 aromatic carbocycles. The Morgan fingerprint density at radius 2 is 0.750 bits per heavy atom. The lowest BCUT2D eigenvalue weighted by Gasteiger charge is -2.40. The third-order valence-electron chi connectivity index (χ3n) is 15.9. The van der Waals surface area contributed by atoms with Gasteiger partial charge in [-0.1, -0.05) is 301 Å². The lowest BCUT2D eigenvalue weighted by molar-refractivity contribution is -0.302. The molecule has 1 aliphatic heterocycles. The first-order valence-corrected chi connectivity index (χ1v) is 33.2. The molecule has 0 radical (unpaired) electrons. The van der Waals surface area contributed by atoms with E-state index in [9.17, 15) is 30.3 Å². The Balaban J connectivity index is 2.03. The van der Waals surface area contributed by atoms with Crippen LogP contribution in [0.3, 0.4) is 0 Å². The van der Waals surface area contributed by atoms with E-state index in [1.807, 2.05) is 6.08 Å².